The quantitative estimate of drug-likeness (QED) is 0.723. The van der Waals surface area contributed by atoms with E-state index in [-0.39, 0.29) is 23.9 Å². The Balaban J connectivity index is 0.000000334. The van der Waals surface area contributed by atoms with Crippen molar-refractivity contribution in [2.24, 2.45) is 7.05 Å². The van der Waals surface area contributed by atoms with E-state index >= 15 is 0 Å². The lowest BCUT2D eigenvalue weighted by molar-refractivity contribution is -0.135. The number of carbonyl (C=O) groups excluding carboxylic acids is 2. The molecule has 1 aromatic carbocycles. The summed E-state index contributed by atoms with van der Waals surface area (Å²) >= 11 is 0. The first-order chi connectivity index (χ1) is 15.1. The first kappa shape index (κ1) is 21.8. The lowest BCUT2D eigenvalue weighted by atomic mass is 9.84. The van der Waals surface area contributed by atoms with Gasteiger partial charge in [-0.05, 0) is 68.8 Å². The van der Waals surface area contributed by atoms with Crippen LogP contribution in [0.2, 0.25) is 0 Å². The van der Waals surface area contributed by atoms with Crippen LogP contribution in [-0.4, -0.2) is 34.0 Å². The number of nitrogens with zero attached hydrogens (tertiary/aromatic N) is 2. The first-order valence-electron chi connectivity index (χ1n) is 11.8. The molecule has 1 aromatic heterocycles. The fourth-order valence-electron chi connectivity index (χ4n) is 5.10. The van der Waals surface area contributed by atoms with Gasteiger partial charge in [0.25, 0.3) is 0 Å². The molecular weight excluding hydrogens is 392 g/mol. The third-order valence-electron chi connectivity index (χ3n) is 6.92. The van der Waals surface area contributed by atoms with Gasteiger partial charge in [0.15, 0.2) is 0 Å². The third kappa shape index (κ3) is 4.76. The van der Waals surface area contributed by atoms with E-state index in [4.69, 9.17) is 0 Å². The van der Waals surface area contributed by atoms with E-state index in [0.29, 0.717) is 12.3 Å². The maximum absolute atomic E-state index is 12.8. The minimum absolute atomic E-state index is 0.203. The second kappa shape index (κ2) is 9.81. The van der Waals surface area contributed by atoms with E-state index in [9.17, 15) is 14.4 Å². The number of nitrogens with one attached hydrogen (secondary N) is 2. The predicted molar refractivity (Wildman–Crippen MR) is 121 cm³/mol. The minimum Gasteiger partial charge on any atom is -0.317 e. The summed E-state index contributed by atoms with van der Waals surface area (Å²) in [5.74, 6) is -0.0940. The molecule has 2 amide bonds. The van der Waals surface area contributed by atoms with E-state index in [2.05, 4.69) is 22.8 Å². The number of piperidine rings is 2. The van der Waals surface area contributed by atoms with Gasteiger partial charge in [-0.1, -0.05) is 31.7 Å². The van der Waals surface area contributed by atoms with Gasteiger partial charge < -0.3 is 5.32 Å². The Morgan fingerprint density at radius 2 is 1.58 bits per heavy atom. The Kier molecular flexibility index (Phi) is 6.90. The molecule has 1 aliphatic carbocycles. The molecule has 3 heterocycles. The summed E-state index contributed by atoms with van der Waals surface area (Å²) in [6.45, 7) is 2.50. The SMILES string of the molecule is C1CCNCC1.Cn1c(=O)n(C2CCC(=O)NC2=O)c2ccc(C3CCCCC3)cc21. The molecule has 168 valence electrons. The van der Waals surface area contributed by atoms with Crippen molar-refractivity contribution in [3.05, 3.63) is 34.2 Å². The highest BCUT2D eigenvalue weighted by molar-refractivity contribution is 6.00. The molecule has 5 rings (SSSR count). The molecule has 1 unspecified atom stereocenters. The third-order valence-corrected chi connectivity index (χ3v) is 6.92. The van der Waals surface area contributed by atoms with E-state index in [1.165, 1.54) is 70.0 Å². The number of hydrogen-bond donors (Lipinski definition) is 2. The van der Waals surface area contributed by atoms with Crippen LogP contribution in [0.1, 0.15) is 81.7 Å². The number of imide groups is 1. The van der Waals surface area contributed by atoms with Crippen LogP contribution in [0.15, 0.2) is 23.0 Å². The van der Waals surface area contributed by atoms with Gasteiger partial charge in [-0.2, -0.15) is 0 Å². The summed E-state index contributed by atoms with van der Waals surface area (Å²) in [6.07, 6.45) is 11.1. The number of amides is 2. The molecule has 7 nitrogen and oxygen atoms in total. The van der Waals surface area contributed by atoms with Crippen molar-refractivity contribution in [3.8, 4) is 0 Å². The van der Waals surface area contributed by atoms with Gasteiger partial charge in [0.05, 0.1) is 11.0 Å². The highest BCUT2D eigenvalue weighted by Crippen LogP contribution is 2.34. The van der Waals surface area contributed by atoms with Gasteiger partial charge in [-0.15, -0.1) is 0 Å². The molecule has 2 aromatic rings. The molecule has 0 radical (unpaired) electrons. The van der Waals surface area contributed by atoms with Crippen molar-refractivity contribution < 1.29 is 9.59 Å². The summed E-state index contributed by atoms with van der Waals surface area (Å²) < 4.78 is 3.16. The summed E-state index contributed by atoms with van der Waals surface area (Å²) in [7, 11) is 1.75. The number of imidazole rings is 1. The van der Waals surface area contributed by atoms with Crippen LogP contribution < -0.4 is 16.3 Å². The largest absolute Gasteiger partial charge is 0.329 e. The number of rotatable bonds is 2. The Bertz CT molecular complexity index is 985. The molecule has 2 saturated heterocycles. The molecular formula is C24H34N4O3. The second-order valence-electron chi connectivity index (χ2n) is 9.07. The van der Waals surface area contributed by atoms with Crippen LogP contribution in [0, 0.1) is 0 Å². The summed E-state index contributed by atoms with van der Waals surface area (Å²) in [5.41, 5.74) is 2.70. The second-order valence-corrected chi connectivity index (χ2v) is 9.07. The Morgan fingerprint density at radius 3 is 2.19 bits per heavy atom. The lowest BCUT2D eigenvalue weighted by Crippen LogP contribution is -2.44. The lowest BCUT2D eigenvalue weighted by Gasteiger charge is -2.23. The molecule has 0 spiro atoms. The van der Waals surface area contributed by atoms with Crippen LogP contribution in [0.5, 0.6) is 0 Å². The highest BCUT2D eigenvalue weighted by Gasteiger charge is 2.31. The fraction of sp³-hybridized carbons (Fsp3) is 0.625. The topological polar surface area (TPSA) is 85.1 Å². The number of benzene rings is 1. The highest BCUT2D eigenvalue weighted by atomic mass is 16.2. The average molecular weight is 427 g/mol. The smallest absolute Gasteiger partial charge is 0.317 e. The van der Waals surface area contributed by atoms with E-state index in [1.54, 1.807) is 16.2 Å². The van der Waals surface area contributed by atoms with E-state index in [1.807, 2.05) is 6.07 Å². The first-order valence-corrected chi connectivity index (χ1v) is 11.8. The summed E-state index contributed by atoms with van der Waals surface area (Å²) in [6, 6.07) is 5.55. The molecule has 31 heavy (non-hydrogen) atoms. The van der Waals surface area contributed by atoms with E-state index < -0.39 is 6.04 Å². The Morgan fingerprint density at radius 1 is 0.871 bits per heavy atom. The van der Waals surface area contributed by atoms with Crippen LogP contribution in [-0.2, 0) is 16.6 Å². The molecule has 7 heteroatoms. The zero-order valence-corrected chi connectivity index (χ0v) is 18.5. The van der Waals surface area contributed by atoms with Crippen molar-refractivity contribution in [1.82, 2.24) is 19.8 Å². The monoisotopic (exact) mass is 426 g/mol. The van der Waals surface area contributed by atoms with Crippen LogP contribution in [0.3, 0.4) is 0 Å². The maximum Gasteiger partial charge on any atom is 0.329 e. The summed E-state index contributed by atoms with van der Waals surface area (Å²) in [4.78, 5) is 36.4. The number of aromatic nitrogens is 2. The number of fused-ring (bicyclic) bond motifs is 1. The number of aryl methyl sites for hydroxylation is 1. The maximum atomic E-state index is 12.8. The Hall–Kier alpha value is -2.41. The minimum atomic E-state index is -0.616. The van der Waals surface area contributed by atoms with Gasteiger partial charge in [0.1, 0.15) is 6.04 Å². The van der Waals surface area contributed by atoms with Gasteiger partial charge in [0.2, 0.25) is 11.8 Å². The van der Waals surface area contributed by atoms with Gasteiger partial charge in [-0.25, -0.2) is 4.79 Å². The van der Waals surface area contributed by atoms with Gasteiger partial charge >= 0.3 is 5.69 Å². The average Bonchev–Trinajstić information content (AvgIpc) is 3.06. The Labute approximate surface area is 183 Å². The molecule has 3 fully saturated rings. The van der Waals surface area contributed by atoms with Crippen LogP contribution in [0.25, 0.3) is 11.0 Å². The molecule has 1 atom stereocenters. The van der Waals surface area contributed by atoms with Crippen molar-refractivity contribution in [2.75, 3.05) is 13.1 Å². The van der Waals surface area contributed by atoms with Gasteiger partial charge in [-0.3, -0.25) is 24.0 Å². The molecule has 2 aliphatic heterocycles. The zero-order valence-electron chi connectivity index (χ0n) is 18.5. The molecule has 1 saturated carbocycles. The number of hydrogen-bond acceptors (Lipinski definition) is 4. The van der Waals surface area contributed by atoms with Gasteiger partial charge in [0, 0.05) is 13.5 Å². The summed E-state index contributed by atoms with van der Waals surface area (Å²) in [5, 5.41) is 5.63. The molecule has 2 N–H and O–H groups in total. The van der Waals surface area contributed by atoms with Crippen molar-refractivity contribution >= 4 is 22.8 Å². The fourth-order valence-corrected chi connectivity index (χ4v) is 5.10. The predicted octanol–water partition coefficient (Wildman–Crippen LogP) is 3.13. The normalized spacial score (nSPS) is 22.7. The molecule has 0 bridgehead atoms. The van der Waals surface area contributed by atoms with Crippen molar-refractivity contribution in [3.63, 3.8) is 0 Å². The van der Waals surface area contributed by atoms with Crippen LogP contribution >= 0.6 is 0 Å². The van der Waals surface area contributed by atoms with Crippen molar-refractivity contribution in [1.29, 1.82) is 0 Å². The standard InChI is InChI=1S/C19H23N3O3.C5H11N/c1-21-16-11-13(12-5-3-2-4-6-12)7-8-14(16)22(19(21)25)15-9-10-17(23)20-18(15)24;1-2-4-6-5-3-1/h7-8,11-12,15H,2-6,9-10H2,1H3,(H,20,23,24);6H,1-5H2. The molecule has 3 aliphatic rings. The van der Waals surface area contributed by atoms with E-state index in [0.717, 1.165) is 11.0 Å². The van der Waals surface area contributed by atoms with Crippen LogP contribution in [0.4, 0.5) is 0 Å². The van der Waals surface area contributed by atoms with Crippen molar-refractivity contribution in [2.45, 2.75) is 76.2 Å². The number of carbonyl (C=O) groups is 2. The zero-order chi connectivity index (χ0) is 21.8.